The molecule has 1 aliphatic heterocycles. The SMILES string of the molecule is NC(=NCC1CCC1)NCCCOC1CCOC1. The summed E-state index contributed by atoms with van der Waals surface area (Å²) in [5, 5.41) is 3.13. The molecule has 3 N–H and O–H groups in total. The number of aliphatic imine (C=N–C) groups is 1. The molecule has 2 aliphatic rings. The Hall–Kier alpha value is -0.810. The number of ether oxygens (including phenoxy) is 2. The van der Waals surface area contributed by atoms with Crippen molar-refractivity contribution in [2.24, 2.45) is 16.6 Å². The Morgan fingerprint density at radius 1 is 1.39 bits per heavy atom. The second-order valence-corrected chi connectivity index (χ2v) is 5.16. The van der Waals surface area contributed by atoms with Gasteiger partial charge in [0, 0.05) is 26.3 Å². The summed E-state index contributed by atoms with van der Waals surface area (Å²) in [6.45, 7) is 4.06. The molecule has 1 saturated heterocycles. The van der Waals surface area contributed by atoms with Crippen molar-refractivity contribution in [3.05, 3.63) is 0 Å². The average Bonchev–Trinajstić information content (AvgIpc) is 2.79. The molecular weight excluding hydrogens is 230 g/mol. The van der Waals surface area contributed by atoms with Gasteiger partial charge in [-0.15, -0.1) is 0 Å². The minimum absolute atomic E-state index is 0.301. The maximum atomic E-state index is 5.78. The van der Waals surface area contributed by atoms with E-state index in [0.717, 1.165) is 51.7 Å². The van der Waals surface area contributed by atoms with Gasteiger partial charge >= 0.3 is 0 Å². The predicted octanol–water partition coefficient (Wildman–Crippen LogP) is 0.886. The Morgan fingerprint density at radius 2 is 2.28 bits per heavy atom. The first kappa shape index (κ1) is 13.6. The minimum atomic E-state index is 0.301. The van der Waals surface area contributed by atoms with Crippen molar-refractivity contribution >= 4 is 5.96 Å². The number of nitrogens with two attached hydrogens (primary N) is 1. The summed E-state index contributed by atoms with van der Waals surface area (Å²) in [6, 6.07) is 0. The van der Waals surface area contributed by atoms with E-state index in [-0.39, 0.29) is 0 Å². The van der Waals surface area contributed by atoms with E-state index >= 15 is 0 Å². The lowest BCUT2D eigenvalue weighted by atomic mass is 9.86. The van der Waals surface area contributed by atoms with E-state index in [4.69, 9.17) is 15.2 Å². The Labute approximate surface area is 109 Å². The number of nitrogens with zero attached hydrogens (tertiary/aromatic N) is 1. The van der Waals surface area contributed by atoms with Crippen LogP contribution < -0.4 is 11.1 Å². The lowest BCUT2D eigenvalue weighted by Crippen LogP contribution is -2.34. The molecule has 0 radical (unpaired) electrons. The maximum absolute atomic E-state index is 5.78. The van der Waals surface area contributed by atoms with Crippen LogP contribution in [0.15, 0.2) is 4.99 Å². The van der Waals surface area contributed by atoms with Gasteiger partial charge in [-0.1, -0.05) is 6.42 Å². The smallest absolute Gasteiger partial charge is 0.188 e. The van der Waals surface area contributed by atoms with E-state index in [1.807, 2.05) is 0 Å². The summed E-state index contributed by atoms with van der Waals surface area (Å²) in [5.74, 6) is 1.35. The third-order valence-corrected chi connectivity index (χ3v) is 3.61. The molecule has 2 rings (SSSR count). The molecule has 2 fully saturated rings. The molecule has 0 aromatic carbocycles. The van der Waals surface area contributed by atoms with E-state index < -0.39 is 0 Å². The van der Waals surface area contributed by atoms with Gasteiger partial charge in [0.1, 0.15) is 0 Å². The molecule has 5 nitrogen and oxygen atoms in total. The molecule has 104 valence electrons. The van der Waals surface area contributed by atoms with Crippen LogP contribution >= 0.6 is 0 Å². The first-order valence-corrected chi connectivity index (χ1v) is 7.08. The zero-order valence-electron chi connectivity index (χ0n) is 11.1. The lowest BCUT2D eigenvalue weighted by Gasteiger charge is -2.23. The van der Waals surface area contributed by atoms with Gasteiger partial charge in [-0.25, -0.2) is 0 Å². The fourth-order valence-corrected chi connectivity index (χ4v) is 2.14. The zero-order chi connectivity index (χ0) is 12.6. The van der Waals surface area contributed by atoms with Crippen molar-refractivity contribution < 1.29 is 9.47 Å². The van der Waals surface area contributed by atoms with E-state index in [1.165, 1.54) is 19.3 Å². The first-order chi connectivity index (χ1) is 8.84. The lowest BCUT2D eigenvalue weighted by molar-refractivity contribution is 0.0420. The van der Waals surface area contributed by atoms with Crippen LogP contribution in [0.2, 0.25) is 0 Å². The summed E-state index contributed by atoms with van der Waals surface area (Å²) < 4.78 is 10.9. The molecule has 0 spiro atoms. The average molecular weight is 255 g/mol. The fraction of sp³-hybridized carbons (Fsp3) is 0.923. The van der Waals surface area contributed by atoms with Crippen molar-refractivity contribution in [1.29, 1.82) is 0 Å². The van der Waals surface area contributed by atoms with E-state index in [1.54, 1.807) is 0 Å². The van der Waals surface area contributed by atoms with Gasteiger partial charge in [0.05, 0.1) is 12.7 Å². The topological polar surface area (TPSA) is 68.9 Å². The van der Waals surface area contributed by atoms with Gasteiger partial charge in [-0.2, -0.15) is 0 Å². The summed E-state index contributed by atoms with van der Waals surface area (Å²) >= 11 is 0. The quantitative estimate of drug-likeness (QED) is 0.403. The van der Waals surface area contributed by atoms with Gasteiger partial charge in [-0.3, -0.25) is 4.99 Å². The Balaban J connectivity index is 1.43. The van der Waals surface area contributed by atoms with Gasteiger partial charge in [0.25, 0.3) is 0 Å². The monoisotopic (exact) mass is 255 g/mol. The standard InChI is InChI=1S/C13H25N3O2/c14-13(16-9-11-3-1-4-11)15-6-2-7-18-12-5-8-17-10-12/h11-12H,1-10H2,(H3,14,15,16). The summed E-state index contributed by atoms with van der Waals surface area (Å²) in [4.78, 5) is 4.34. The molecule has 1 unspecified atom stereocenters. The summed E-state index contributed by atoms with van der Waals surface area (Å²) in [5.41, 5.74) is 5.78. The van der Waals surface area contributed by atoms with Gasteiger partial charge < -0.3 is 20.5 Å². The van der Waals surface area contributed by atoms with Crippen LogP contribution in [-0.2, 0) is 9.47 Å². The summed E-state index contributed by atoms with van der Waals surface area (Å²) in [6.07, 6.45) is 6.27. The number of guanidine groups is 1. The van der Waals surface area contributed by atoms with Crippen molar-refractivity contribution in [2.45, 2.75) is 38.2 Å². The van der Waals surface area contributed by atoms with Crippen molar-refractivity contribution in [1.82, 2.24) is 5.32 Å². The molecule has 0 amide bonds. The molecule has 0 bridgehead atoms. The molecule has 1 atom stereocenters. The minimum Gasteiger partial charge on any atom is -0.379 e. The van der Waals surface area contributed by atoms with Crippen LogP contribution in [0.25, 0.3) is 0 Å². The van der Waals surface area contributed by atoms with Crippen molar-refractivity contribution in [3.63, 3.8) is 0 Å². The highest BCUT2D eigenvalue weighted by molar-refractivity contribution is 5.77. The largest absolute Gasteiger partial charge is 0.379 e. The van der Waals surface area contributed by atoms with E-state index in [0.29, 0.717) is 12.1 Å². The van der Waals surface area contributed by atoms with Gasteiger partial charge in [0.2, 0.25) is 0 Å². The zero-order valence-corrected chi connectivity index (χ0v) is 11.1. The van der Waals surface area contributed by atoms with E-state index in [2.05, 4.69) is 10.3 Å². The second-order valence-electron chi connectivity index (χ2n) is 5.16. The number of nitrogens with one attached hydrogen (secondary N) is 1. The number of hydrogen-bond donors (Lipinski definition) is 2. The molecule has 5 heteroatoms. The fourth-order valence-electron chi connectivity index (χ4n) is 2.14. The number of rotatable bonds is 7. The number of hydrogen-bond acceptors (Lipinski definition) is 3. The molecular formula is C13H25N3O2. The van der Waals surface area contributed by atoms with Gasteiger partial charge in [-0.05, 0) is 31.6 Å². The van der Waals surface area contributed by atoms with Crippen LogP contribution in [0.3, 0.4) is 0 Å². The molecule has 0 aromatic rings. The highest BCUT2D eigenvalue weighted by Crippen LogP contribution is 2.26. The van der Waals surface area contributed by atoms with Crippen LogP contribution in [0, 0.1) is 5.92 Å². The predicted molar refractivity (Wildman–Crippen MR) is 71.6 cm³/mol. The maximum Gasteiger partial charge on any atom is 0.188 e. The normalized spacial score (nSPS) is 25.1. The van der Waals surface area contributed by atoms with E-state index in [9.17, 15) is 0 Å². The van der Waals surface area contributed by atoms with Crippen LogP contribution in [0.4, 0.5) is 0 Å². The molecule has 0 aromatic heterocycles. The van der Waals surface area contributed by atoms with Gasteiger partial charge in [0.15, 0.2) is 5.96 Å². The first-order valence-electron chi connectivity index (χ1n) is 7.08. The molecule has 18 heavy (non-hydrogen) atoms. The van der Waals surface area contributed by atoms with Crippen LogP contribution in [-0.4, -0.2) is 45.0 Å². The molecule has 1 aliphatic carbocycles. The molecule has 1 saturated carbocycles. The third kappa shape index (κ3) is 4.82. The van der Waals surface area contributed by atoms with Crippen molar-refractivity contribution in [3.8, 4) is 0 Å². The summed E-state index contributed by atoms with van der Waals surface area (Å²) in [7, 11) is 0. The van der Waals surface area contributed by atoms with Crippen molar-refractivity contribution in [2.75, 3.05) is 32.9 Å². The highest BCUT2D eigenvalue weighted by atomic mass is 16.5. The third-order valence-electron chi connectivity index (χ3n) is 3.61. The Bertz CT molecular complexity index is 261. The molecule has 1 heterocycles. The Kier molecular flexibility index (Phi) is 5.74. The van der Waals surface area contributed by atoms with Crippen LogP contribution in [0.1, 0.15) is 32.1 Å². The second kappa shape index (κ2) is 7.59. The highest BCUT2D eigenvalue weighted by Gasteiger charge is 2.16. The van der Waals surface area contributed by atoms with Crippen LogP contribution in [0.5, 0.6) is 0 Å². The Morgan fingerprint density at radius 3 is 2.94 bits per heavy atom.